The lowest BCUT2D eigenvalue weighted by molar-refractivity contribution is 0.299. The van der Waals surface area contributed by atoms with Crippen molar-refractivity contribution in [3.05, 3.63) is 0 Å². The van der Waals surface area contributed by atoms with Crippen molar-refractivity contribution >= 4 is 5.96 Å². The number of hydrogen-bond donors (Lipinski definition) is 1. The summed E-state index contributed by atoms with van der Waals surface area (Å²) in [6.07, 6.45) is 2.86. The molecule has 1 unspecified atom stereocenters. The molecule has 1 N–H and O–H groups in total. The van der Waals surface area contributed by atoms with Gasteiger partial charge in [0.05, 0.1) is 6.04 Å². The summed E-state index contributed by atoms with van der Waals surface area (Å²) >= 11 is 0. The quantitative estimate of drug-likeness (QED) is 0.732. The van der Waals surface area contributed by atoms with Gasteiger partial charge < -0.3 is 15.1 Å². The van der Waals surface area contributed by atoms with Gasteiger partial charge in [-0.2, -0.15) is 0 Å². The van der Waals surface area contributed by atoms with E-state index >= 15 is 0 Å². The summed E-state index contributed by atoms with van der Waals surface area (Å²) in [6.45, 7) is 9.05. The number of nitrogens with zero attached hydrogens (tertiary/aromatic N) is 3. The summed E-state index contributed by atoms with van der Waals surface area (Å²) in [6, 6.07) is 0.489. The number of rotatable bonds is 2. The van der Waals surface area contributed by atoms with Crippen LogP contribution in [0, 0.1) is 5.92 Å². The van der Waals surface area contributed by atoms with Crippen LogP contribution in [0.15, 0.2) is 4.99 Å². The van der Waals surface area contributed by atoms with Crippen molar-refractivity contribution in [2.45, 2.75) is 25.8 Å². The molecule has 0 bridgehead atoms. The summed E-state index contributed by atoms with van der Waals surface area (Å²) in [7, 11) is 0. The Hall–Kier alpha value is -0.770. The van der Waals surface area contributed by atoms with E-state index in [9.17, 15) is 0 Å². The van der Waals surface area contributed by atoms with Crippen molar-refractivity contribution < 1.29 is 0 Å². The Morgan fingerprint density at radius 2 is 2.06 bits per heavy atom. The van der Waals surface area contributed by atoms with Crippen molar-refractivity contribution in [3.8, 4) is 0 Å². The lowest BCUT2D eigenvalue weighted by Crippen LogP contribution is -2.51. The smallest absolute Gasteiger partial charge is 0.197 e. The maximum atomic E-state index is 4.82. The molecule has 2 heterocycles. The highest BCUT2D eigenvalue weighted by atomic mass is 15.4. The molecule has 0 radical (unpaired) electrons. The second-order valence-electron chi connectivity index (χ2n) is 5.36. The van der Waals surface area contributed by atoms with Gasteiger partial charge in [0.25, 0.3) is 0 Å². The zero-order valence-electron chi connectivity index (χ0n) is 10.2. The maximum absolute atomic E-state index is 4.82. The van der Waals surface area contributed by atoms with E-state index in [1.165, 1.54) is 25.3 Å². The van der Waals surface area contributed by atoms with Crippen LogP contribution in [-0.2, 0) is 0 Å². The number of hydrogen-bond acceptors (Lipinski definition) is 4. The van der Waals surface area contributed by atoms with Crippen LogP contribution in [0.3, 0.4) is 0 Å². The van der Waals surface area contributed by atoms with E-state index in [0.717, 1.165) is 38.6 Å². The maximum Gasteiger partial charge on any atom is 0.197 e. The molecule has 0 aromatic heterocycles. The first kappa shape index (κ1) is 10.4. The minimum absolute atomic E-state index is 0.489. The van der Waals surface area contributed by atoms with Gasteiger partial charge in [0.2, 0.25) is 0 Å². The van der Waals surface area contributed by atoms with Gasteiger partial charge in [-0.15, -0.1) is 0 Å². The average molecular weight is 222 g/mol. The fourth-order valence-corrected chi connectivity index (χ4v) is 2.63. The third-order valence-electron chi connectivity index (χ3n) is 3.68. The number of piperazine rings is 1. The molecule has 3 aliphatic rings. The largest absolute Gasteiger partial charge is 0.340 e. The van der Waals surface area contributed by atoms with Gasteiger partial charge in [0, 0.05) is 39.3 Å². The predicted molar refractivity (Wildman–Crippen MR) is 65.6 cm³/mol. The summed E-state index contributed by atoms with van der Waals surface area (Å²) in [4.78, 5) is 9.80. The topological polar surface area (TPSA) is 30.9 Å². The molecule has 1 atom stereocenters. The molecule has 4 nitrogen and oxygen atoms in total. The third kappa shape index (κ3) is 2.17. The van der Waals surface area contributed by atoms with E-state index in [4.69, 9.17) is 4.99 Å². The SMILES string of the molecule is CC1CN(CC2CC2)C(N2CCNCC2)=N1. The Balaban J connectivity index is 1.66. The minimum Gasteiger partial charge on any atom is -0.340 e. The number of guanidine groups is 1. The van der Waals surface area contributed by atoms with Crippen molar-refractivity contribution in [2.24, 2.45) is 10.9 Å². The monoisotopic (exact) mass is 222 g/mol. The minimum atomic E-state index is 0.489. The van der Waals surface area contributed by atoms with E-state index in [1.54, 1.807) is 0 Å². The molecule has 0 spiro atoms. The van der Waals surface area contributed by atoms with Crippen LogP contribution in [0.4, 0.5) is 0 Å². The van der Waals surface area contributed by atoms with Crippen LogP contribution < -0.4 is 5.32 Å². The van der Waals surface area contributed by atoms with E-state index in [-0.39, 0.29) is 0 Å². The molecule has 0 amide bonds. The highest BCUT2D eigenvalue weighted by Gasteiger charge is 2.32. The highest BCUT2D eigenvalue weighted by Crippen LogP contribution is 2.31. The molecule has 1 aliphatic carbocycles. The van der Waals surface area contributed by atoms with Gasteiger partial charge in [-0.05, 0) is 25.7 Å². The van der Waals surface area contributed by atoms with Crippen molar-refractivity contribution in [3.63, 3.8) is 0 Å². The molecule has 1 saturated heterocycles. The van der Waals surface area contributed by atoms with E-state index in [1.807, 2.05) is 0 Å². The first-order valence-corrected chi connectivity index (χ1v) is 6.61. The van der Waals surface area contributed by atoms with Gasteiger partial charge in [-0.25, -0.2) is 4.99 Å². The summed E-state index contributed by atoms with van der Waals surface area (Å²) in [5.74, 6) is 2.24. The Kier molecular flexibility index (Phi) is 2.75. The van der Waals surface area contributed by atoms with Gasteiger partial charge in [0.1, 0.15) is 0 Å². The standard InChI is InChI=1S/C12H22N4/c1-10-8-16(9-11-2-3-11)12(14-10)15-6-4-13-5-7-15/h10-11,13H,2-9H2,1H3. The lowest BCUT2D eigenvalue weighted by atomic mass is 10.3. The molecule has 2 fully saturated rings. The molecule has 0 aromatic carbocycles. The molecule has 1 saturated carbocycles. The van der Waals surface area contributed by atoms with Crippen LogP contribution >= 0.6 is 0 Å². The molecule has 0 aromatic rings. The van der Waals surface area contributed by atoms with Crippen LogP contribution in [0.1, 0.15) is 19.8 Å². The molecular weight excluding hydrogens is 200 g/mol. The molecular formula is C12H22N4. The van der Waals surface area contributed by atoms with Gasteiger partial charge in [-0.1, -0.05) is 0 Å². The van der Waals surface area contributed by atoms with Crippen molar-refractivity contribution in [2.75, 3.05) is 39.3 Å². The first-order valence-electron chi connectivity index (χ1n) is 6.61. The Bertz CT molecular complexity index is 279. The molecule has 3 rings (SSSR count). The highest BCUT2D eigenvalue weighted by molar-refractivity contribution is 5.82. The predicted octanol–water partition coefficient (Wildman–Crippen LogP) is 0.362. The second-order valence-corrected chi connectivity index (χ2v) is 5.36. The third-order valence-corrected chi connectivity index (χ3v) is 3.68. The zero-order valence-corrected chi connectivity index (χ0v) is 10.2. The molecule has 4 heteroatoms. The van der Waals surface area contributed by atoms with E-state index in [0.29, 0.717) is 6.04 Å². The average Bonchev–Trinajstić information content (AvgIpc) is 3.03. The fourth-order valence-electron chi connectivity index (χ4n) is 2.63. The van der Waals surface area contributed by atoms with Crippen molar-refractivity contribution in [1.29, 1.82) is 0 Å². The summed E-state index contributed by atoms with van der Waals surface area (Å²) < 4.78 is 0. The van der Waals surface area contributed by atoms with Crippen LogP contribution in [0.25, 0.3) is 0 Å². The first-order chi connectivity index (χ1) is 7.83. The van der Waals surface area contributed by atoms with Crippen LogP contribution in [-0.4, -0.2) is 61.1 Å². The van der Waals surface area contributed by atoms with E-state index in [2.05, 4.69) is 22.0 Å². The van der Waals surface area contributed by atoms with Crippen molar-refractivity contribution in [1.82, 2.24) is 15.1 Å². The Morgan fingerprint density at radius 3 is 2.75 bits per heavy atom. The number of nitrogens with one attached hydrogen (secondary N) is 1. The zero-order chi connectivity index (χ0) is 11.0. The van der Waals surface area contributed by atoms with Crippen LogP contribution in [0.5, 0.6) is 0 Å². The van der Waals surface area contributed by atoms with Crippen LogP contribution in [0.2, 0.25) is 0 Å². The van der Waals surface area contributed by atoms with Gasteiger partial charge in [0.15, 0.2) is 5.96 Å². The normalized spacial score (nSPS) is 30.8. The Morgan fingerprint density at radius 1 is 1.31 bits per heavy atom. The number of aliphatic imine (C=N–C) groups is 1. The second kappa shape index (κ2) is 4.24. The summed E-state index contributed by atoms with van der Waals surface area (Å²) in [5.41, 5.74) is 0. The Labute approximate surface area is 97.7 Å². The summed E-state index contributed by atoms with van der Waals surface area (Å²) in [5, 5.41) is 3.40. The molecule has 2 aliphatic heterocycles. The fraction of sp³-hybridized carbons (Fsp3) is 0.917. The lowest BCUT2D eigenvalue weighted by Gasteiger charge is -2.33. The van der Waals surface area contributed by atoms with Gasteiger partial charge in [-0.3, -0.25) is 0 Å². The molecule has 90 valence electrons. The molecule has 16 heavy (non-hydrogen) atoms. The van der Waals surface area contributed by atoms with E-state index < -0.39 is 0 Å². The van der Waals surface area contributed by atoms with Gasteiger partial charge >= 0.3 is 0 Å².